The molecule has 1 aromatic carbocycles. The molecule has 2 rings (SSSR count). The summed E-state index contributed by atoms with van der Waals surface area (Å²) in [7, 11) is 0. The Kier molecular flexibility index (Phi) is 4.42. The topological polar surface area (TPSA) is 74.7 Å². The lowest BCUT2D eigenvalue weighted by Crippen LogP contribution is -2.25. The van der Waals surface area contributed by atoms with E-state index in [0.717, 1.165) is 23.4 Å². The molecule has 0 unspecified atom stereocenters. The third-order valence-electron chi connectivity index (χ3n) is 3.48. The zero-order chi connectivity index (χ0) is 15.4. The first-order valence-corrected chi connectivity index (χ1v) is 6.86. The van der Waals surface area contributed by atoms with Gasteiger partial charge in [-0.05, 0) is 44.0 Å². The van der Waals surface area contributed by atoms with Crippen LogP contribution in [-0.2, 0) is 0 Å². The summed E-state index contributed by atoms with van der Waals surface area (Å²) in [5.41, 5.74) is 9.62. The van der Waals surface area contributed by atoms with E-state index in [1.807, 2.05) is 38.1 Å². The van der Waals surface area contributed by atoms with E-state index < -0.39 is 0 Å². The average molecular weight is 284 g/mol. The second-order valence-electron chi connectivity index (χ2n) is 4.84. The maximum Gasteiger partial charge on any atom is 0.174 e. The van der Waals surface area contributed by atoms with E-state index in [2.05, 4.69) is 28.0 Å². The molecular formula is C16H20N4O. The fourth-order valence-corrected chi connectivity index (χ4v) is 2.42. The summed E-state index contributed by atoms with van der Waals surface area (Å²) in [5.74, 6) is 0.768. The quantitative estimate of drug-likeness (QED) is 0.392. The highest BCUT2D eigenvalue weighted by Crippen LogP contribution is 2.30. The summed E-state index contributed by atoms with van der Waals surface area (Å²) >= 11 is 0. The van der Waals surface area contributed by atoms with E-state index in [0.29, 0.717) is 11.4 Å². The molecule has 0 aliphatic rings. The zero-order valence-electron chi connectivity index (χ0n) is 12.5. The number of nitrogens with zero attached hydrogens (tertiary/aromatic N) is 3. The number of anilines is 2. The summed E-state index contributed by atoms with van der Waals surface area (Å²) < 4.78 is 0. The highest BCUT2D eigenvalue weighted by molar-refractivity contribution is 6.03. The fraction of sp³-hybridized carbons (Fsp3) is 0.250. The van der Waals surface area contributed by atoms with E-state index in [1.54, 1.807) is 6.20 Å². The molecule has 1 heterocycles. The predicted octanol–water partition coefficient (Wildman–Crippen LogP) is 2.95. The van der Waals surface area contributed by atoms with Gasteiger partial charge < -0.3 is 15.8 Å². The van der Waals surface area contributed by atoms with Crippen LogP contribution in [0.2, 0.25) is 0 Å². The van der Waals surface area contributed by atoms with Crippen molar-refractivity contribution < 1.29 is 5.21 Å². The number of para-hydroxylation sites is 1. The molecule has 0 atom stereocenters. The van der Waals surface area contributed by atoms with Gasteiger partial charge in [-0.1, -0.05) is 23.4 Å². The van der Waals surface area contributed by atoms with Crippen LogP contribution >= 0.6 is 0 Å². The minimum atomic E-state index is 0.0719. The van der Waals surface area contributed by atoms with Crippen LogP contribution in [0, 0.1) is 13.8 Å². The maximum absolute atomic E-state index is 9.03. The number of amidine groups is 1. The van der Waals surface area contributed by atoms with Gasteiger partial charge in [0.25, 0.3) is 0 Å². The Morgan fingerprint density at radius 2 is 1.95 bits per heavy atom. The van der Waals surface area contributed by atoms with Crippen molar-refractivity contribution in [2.75, 3.05) is 11.4 Å². The lowest BCUT2D eigenvalue weighted by Gasteiger charge is -2.26. The highest BCUT2D eigenvalue weighted by Gasteiger charge is 2.19. The minimum absolute atomic E-state index is 0.0719. The van der Waals surface area contributed by atoms with Crippen LogP contribution < -0.4 is 10.6 Å². The molecule has 5 heteroatoms. The van der Waals surface area contributed by atoms with Crippen LogP contribution in [0.15, 0.2) is 41.7 Å². The van der Waals surface area contributed by atoms with Crippen molar-refractivity contribution >= 4 is 17.3 Å². The van der Waals surface area contributed by atoms with Gasteiger partial charge in [-0.15, -0.1) is 0 Å². The Balaban J connectivity index is 2.64. The lowest BCUT2D eigenvalue weighted by molar-refractivity contribution is 0.318. The maximum atomic E-state index is 9.03. The first-order valence-electron chi connectivity index (χ1n) is 6.86. The Morgan fingerprint density at radius 3 is 2.57 bits per heavy atom. The first kappa shape index (κ1) is 14.8. The second kappa shape index (κ2) is 6.26. The molecular weight excluding hydrogens is 264 g/mol. The summed E-state index contributed by atoms with van der Waals surface area (Å²) in [6, 6.07) is 9.93. The SMILES string of the molecule is CCN(c1ccccc1C)c1nccc(C)c1/C(N)=N/O. The number of nitrogens with two attached hydrogens (primary N) is 1. The summed E-state index contributed by atoms with van der Waals surface area (Å²) in [4.78, 5) is 6.52. The molecule has 1 aromatic heterocycles. The van der Waals surface area contributed by atoms with Gasteiger partial charge in [0.15, 0.2) is 5.84 Å². The molecule has 21 heavy (non-hydrogen) atoms. The van der Waals surface area contributed by atoms with Crippen molar-refractivity contribution in [2.24, 2.45) is 10.9 Å². The summed E-state index contributed by atoms with van der Waals surface area (Å²) in [5, 5.41) is 12.2. The van der Waals surface area contributed by atoms with Crippen LogP contribution in [0.4, 0.5) is 11.5 Å². The van der Waals surface area contributed by atoms with Gasteiger partial charge >= 0.3 is 0 Å². The molecule has 2 aromatic rings. The van der Waals surface area contributed by atoms with Gasteiger partial charge in [-0.3, -0.25) is 0 Å². The fourth-order valence-electron chi connectivity index (χ4n) is 2.42. The van der Waals surface area contributed by atoms with Gasteiger partial charge in [0.2, 0.25) is 0 Å². The van der Waals surface area contributed by atoms with Crippen molar-refractivity contribution in [1.82, 2.24) is 4.98 Å². The van der Waals surface area contributed by atoms with Crippen molar-refractivity contribution in [1.29, 1.82) is 0 Å². The third kappa shape index (κ3) is 2.81. The molecule has 5 nitrogen and oxygen atoms in total. The second-order valence-corrected chi connectivity index (χ2v) is 4.84. The number of pyridine rings is 1. The molecule has 0 radical (unpaired) electrons. The number of rotatable bonds is 4. The van der Waals surface area contributed by atoms with Crippen molar-refractivity contribution in [3.8, 4) is 0 Å². The number of aryl methyl sites for hydroxylation is 2. The zero-order valence-corrected chi connectivity index (χ0v) is 12.5. The van der Waals surface area contributed by atoms with Gasteiger partial charge in [0, 0.05) is 18.4 Å². The van der Waals surface area contributed by atoms with Crippen molar-refractivity contribution in [3.05, 3.63) is 53.2 Å². The highest BCUT2D eigenvalue weighted by atomic mass is 16.4. The number of benzene rings is 1. The Morgan fingerprint density at radius 1 is 1.24 bits per heavy atom. The van der Waals surface area contributed by atoms with Gasteiger partial charge in [-0.2, -0.15) is 0 Å². The van der Waals surface area contributed by atoms with Gasteiger partial charge in [0.1, 0.15) is 5.82 Å². The largest absolute Gasteiger partial charge is 0.409 e. The van der Waals surface area contributed by atoms with Crippen molar-refractivity contribution in [2.45, 2.75) is 20.8 Å². The van der Waals surface area contributed by atoms with E-state index in [-0.39, 0.29) is 5.84 Å². The van der Waals surface area contributed by atoms with Crippen LogP contribution in [0.3, 0.4) is 0 Å². The van der Waals surface area contributed by atoms with Crippen LogP contribution in [-0.4, -0.2) is 22.6 Å². The van der Waals surface area contributed by atoms with E-state index in [1.165, 1.54) is 0 Å². The number of hydrogen-bond acceptors (Lipinski definition) is 4. The summed E-state index contributed by atoms with van der Waals surface area (Å²) in [6.07, 6.45) is 1.74. The van der Waals surface area contributed by atoms with E-state index in [4.69, 9.17) is 10.9 Å². The molecule has 0 aliphatic heterocycles. The predicted molar refractivity (Wildman–Crippen MR) is 85.3 cm³/mol. The van der Waals surface area contributed by atoms with Crippen molar-refractivity contribution in [3.63, 3.8) is 0 Å². The number of hydrogen-bond donors (Lipinski definition) is 2. The number of oxime groups is 1. The van der Waals surface area contributed by atoms with Gasteiger partial charge in [-0.25, -0.2) is 4.98 Å². The van der Waals surface area contributed by atoms with Crippen LogP contribution in [0.1, 0.15) is 23.6 Å². The summed E-state index contributed by atoms with van der Waals surface area (Å²) in [6.45, 7) is 6.75. The lowest BCUT2D eigenvalue weighted by atomic mass is 10.1. The molecule has 0 saturated carbocycles. The molecule has 0 spiro atoms. The average Bonchev–Trinajstić information content (AvgIpc) is 2.49. The van der Waals surface area contributed by atoms with E-state index in [9.17, 15) is 0 Å². The monoisotopic (exact) mass is 284 g/mol. The molecule has 110 valence electrons. The standard InChI is InChI=1S/C16H20N4O/c1-4-20(13-8-6-5-7-11(13)2)16-14(15(17)19-21)12(3)9-10-18-16/h5-10,21H,4H2,1-3H3,(H2,17,19). The normalized spacial score (nSPS) is 11.5. The third-order valence-corrected chi connectivity index (χ3v) is 3.48. The van der Waals surface area contributed by atoms with Crippen LogP contribution in [0.5, 0.6) is 0 Å². The Hall–Kier alpha value is -2.56. The molecule has 0 amide bonds. The molecule has 0 aliphatic carbocycles. The molecule has 0 bridgehead atoms. The minimum Gasteiger partial charge on any atom is -0.409 e. The van der Waals surface area contributed by atoms with Gasteiger partial charge in [0.05, 0.1) is 5.56 Å². The number of aromatic nitrogens is 1. The first-order chi connectivity index (χ1) is 10.1. The Labute approximate surface area is 124 Å². The molecule has 3 N–H and O–H groups in total. The smallest absolute Gasteiger partial charge is 0.174 e. The molecule has 0 fully saturated rings. The molecule has 0 saturated heterocycles. The Bertz CT molecular complexity index is 667. The van der Waals surface area contributed by atoms with Crippen LogP contribution in [0.25, 0.3) is 0 Å². The van der Waals surface area contributed by atoms with E-state index >= 15 is 0 Å².